The zero-order valence-corrected chi connectivity index (χ0v) is 47.4. The molecule has 374 valence electrons. The lowest BCUT2D eigenvalue weighted by Crippen LogP contribution is -2.61. The molecule has 0 radical (unpaired) electrons. The minimum Gasteiger partial charge on any atom is -0.440 e. The number of aryl methyl sites for hydroxylation is 4. The van der Waals surface area contributed by atoms with Crippen LogP contribution in [0.2, 0.25) is 0 Å². The zero-order valence-electron chi connectivity index (χ0n) is 47.4. The van der Waals surface area contributed by atoms with Gasteiger partial charge in [-0.05, 0) is 237 Å². The number of furan rings is 1. The number of rotatable bonds is 3. The van der Waals surface area contributed by atoms with Gasteiger partial charge in [-0.15, -0.1) is 0 Å². The highest BCUT2D eigenvalue weighted by Gasteiger charge is 2.55. The van der Waals surface area contributed by atoms with Gasteiger partial charge in [0.25, 0.3) is 6.71 Å². The molecule has 2 aliphatic heterocycles. The fraction of sp³-hybridized carbons (Fsp3) is 0.449. The first kappa shape index (κ1) is 47.3. The van der Waals surface area contributed by atoms with Crippen molar-refractivity contribution in [1.29, 1.82) is 0 Å². The van der Waals surface area contributed by atoms with E-state index in [1.54, 1.807) is 5.56 Å². The van der Waals surface area contributed by atoms with E-state index in [4.69, 9.17) is 4.42 Å². The van der Waals surface area contributed by atoms with Crippen LogP contribution in [0.1, 0.15) is 196 Å². The van der Waals surface area contributed by atoms with Gasteiger partial charge < -0.3 is 9.32 Å². The Kier molecular flexibility index (Phi) is 9.50. The summed E-state index contributed by atoms with van der Waals surface area (Å²) in [6, 6.07) is 35.2. The maximum absolute atomic E-state index is 7.73. The molecule has 7 aromatic rings. The second-order valence-electron chi connectivity index (χ2n) is 28.8. The van der Waals surface area contributed by atoms with Crippen LogP contribution in [0.15, 0.2) is 89.3 Å². The Bertz CT molecular complexity index is 3560. The summed E-state index contributed by atoms with van der Waals surface area (Å²) in [5.41, 5.74) is 30.0. The summed E-state index contributed by atoms with van der Waals surface area (Å²) >= 11 is 0. The Morgan fingerprint density at radius 1 is 0.479 bits per heavy atom. The molecule has 4 heteroatoms. The average Bonchev–Trinajstić information content (AvgIpc) is 3.91. The summed E-state index contributed by atoms with van der Waals surface area (Å²) in [5.74, 6) is 0.974. The number of fused-ring (bicyclic) bond motifs is 13. The summed E-state index contributed by atoms with van der Waals surface area (Å²) in [6.45, 7) is 41.1. The molecule has 4 aliphatic carbocycles. The molecular weight excluding hydrogens is 884 g/mol. The minimum absolute atomic E-state index is 0.0314. The molecule has 6 aliphatic rings. The van der Waals surface area contributed by atoms with Crippen molar-refractivity contribution < 1.29 is 4.42 Å². The van der Waals surface area contributed by atoms with E-state index in [-0.39, 0.29) is 44.6 Å². The Labute approximate surface area is 438 Å². The molecule has 1 aromatic heterocycles. The van der Waals surface area contributed by atoms with Gasteiger partial charge in [-0.25, -0.2) is 0 Å². The molecule has 1 fully saturated rings. The smallest absolute Gasteiger partial charge is 0.257 e. The second kappa shape index (κ2) is 14.7. The third kappa shape index (κ3) is 6.56. The van der Waals surface area contributed by atoms with Crippen LogP contribution in [0.5, 0.6) is 0 Å². The first-order valence-electron chi connectivity index (χ1n) is 28.0. The van der Waals surface area contributed by atoms with E-state index in [2.05, 4.69) is 212 Å². The van der Waals surface area contributed by atoms with Gasteiger partial charge in [0.05, 0.1) is 0 Å². The van der Waals surface area contributed by atoms with E-state index >= 15 is 0 Å². The van der Waals surface area contributed by atoms with E-state index in [0.717, 1.165) is 17.9 Å². The van der Waals surface area contributed by atoms with E-state index in [1.165, 1.54) is 155 Å². The van der Waals surface area contributed by atoms with E-state index in [9.17, 15) is 0 Å². The van der Waals surface area contributed by atoms with Gasteiger partial charge in [0.2, 0.25) is 5.88 Å². The largest absolute Gasteiger partial charge is 0.440 e. The molecule has 0 N–H and O–H groups in total. The Balaban J connectivity index is 1.20. The van der Waals surface area contributed by atoms with Crippen molar-refractivity contribution in [2.24, 2.45) is 0 Å². The zero-order chi connectivity index (χ0) is 51.6. The number of benzene rings is 6. The van der Waals surface area contributed by atoms with Crippen molar-refractivity contribution in [3.63, 3.8) is 0 Å². The monoisotopic (exact) mass is 963 g/mol. The molecule has 1 saturated carbocycles. The van der Waals surface area contributed by atoms with Crippen LogP contribution in [0, 0.1) is 27.7 Å². The predicted octanol–water partition coefficient (Wildman–Crippen LogP) is 17.1. The maximum atomic E-state index is 7.73. The topological polar surface area (TPSA) is 19.6 Å². The van der Waals surface area contributed by atoms with Crippen molar-refractivity contribution in [2.45, 2.75) is 201 Å². The average molecular weight is 963 g/mol. The molecule has 3 nitrogen and oxygen atoms in total. The van der Waals surface area contributed by atoms with Gasteiger partial charge in [-0.1, -0.05) is 132 Å². The van der Waals surface area contributed by atoms with Crippen molar-refractivity contribution in [1.82, 2.24) is 0 Å². The summed E-state index contributed by atoms with van der Waals surface area (Å²) in [6.07, 6.45) is 8.40. The van der Waals surface area contributed by atoms with Gasteiger partial charge in [-0.3, -0.25) is 4.90 Å². The third-order valence-corrected chi connectivity index (χ3v) is 20.5. The van der Waals surface area contributed by atoms with Crippen LogP contribution in [0.3, 0.4) is 0 Å². The van der Waals surface area contributed by atoms with Crippen molar-refractivity contribution in [3.05, 3.63) is 146 Å². The number of hydrogen-bond donors (Lipinski definition) is 0. The predicted molar refractivity (Wildman–Crippen MR) is 312 cm³/mol. The molecule has 0 saturated heterocycles. The fourth-order valence-electron chi connectivity index (χ4n) is 16.0. The summed E-state index contributed by atoms with van der Waals surface area (Å²) in [7, 11) is 0. The Hall–Kier alpha value is -5.48. The highest BCUT2D eigenvalue weighted by molar-refractivity contribution is 7.01. The SMILES string of the molecule is Cc1cc(C)c(-c2cc3c4c(c2)N(c2ccc5c(c2)C(C)(C)CCC5(C)C)c2oc5cc6c(cc5c2B4c2cc(C(C)(C)C)ccc2N3c2cc3c(cc2C)C(C)(C)CCC3(C)C)C2(C)CCC6(C)C2)c(C)c1. The van der Waals surface area contributed by atoms with Gasteiger partial charge in [0.1, 0.15) is 5.58 Å². The molecule has 13 rings (SSSR count). The summed E-state index contributed by atoms with van der Waals surface area (Å²) < 4.78 is 7.73. The molecule has 3 heterocycles. The van der Waals surface area contributed by atoms with Crippen LogP contribution in [0.25, 0.3) is 22.1 Å². The highest BCUT2D eigenvalue weighted by Crippen LogP contribution is 2.62. The van der Waals surface area contributed by atoms with Crippen LogP contribution >= 0.6 is 0 Å². The van der Waals surface area contributed by atoms with E-state index in [0.29, 0.717) is 0 Å². The van der Waals surface area contributed by atoms with Gasteiger partial charge in [0.15, 0.2) is 0 Å². The van der Waals surface area contributed by atoms with Crippen LogP contribution in [0.4, 0.5) is 34.3 Å². The number of nitrogens with zero attached hydrogens (tertiary/aromatic N) is 2. The van der Waals surface area contributed by atoms with Crippen LogP contribution in [-0.4, -0.2) is 6.71 Å². The fourth-order valence-corrected chi connectivity index (χ4v) is 16.0. The van der Waals surface area contributed by atoms with Crippen molar-refractivity contribution in [3.8, 4) is 11.1 Å². The molecule has 2 atom stereocenters. The molecule has 2 bridgehead atoms. The van der Waals surface area contributed by atoms with Gasteiger partial charge in [-0.2, -0.15) is 0 Å². The lowest BCUT2D eigenvalue weighted by atomic mass is 9.33. The lowest BCUT2D eigenvalue weighted by Gasteiger charge is -2.46. The van der Waals surface area contributed by atoms with Crippen LogP contribution < -0.4 is 26.2 Å². The minimum atomic E-state index is -0.0679. The molecule has 73 heavy (non-hydrogen) atoms. The summed E-state index contributed by atoms with van der Waals surface area (Å²) in [4.78, 5) is 5.31. The lowest BCUT2D eigenvalue weighted by molar-refractivity contribution is 0.332. The quantitative estimate of drug-likeness (QED) is 0.165. The molecule has 2 unspecified atom stereocenters. The first-order valence-corrected chi connectivity index (χ1v) is 28.0. The van der Waals surface area contributed by atoms with Crippen molar-refractivity contribution >= 4 is 68.4 Å². The van der Waals surface area contributed by atoms with E-state index < -0.39 is 0 Å². The molecular formula is C69H79BN2O. The van der Waals surface area contributed by atoms with Gasteiger partial charge in [0, 0.05) is 39.3 Å². The van der Waals surface area contributed by atoms with Crippen molar-refractivity contribution in [2.75, 3.05) is 9.80 Å². The van der Waals surface area contributed by atoms with Gasteiger partial charge >= 0.3 is 0 Å². The van der Waals surface area contributed by atoms with E-state index in [1.807, 2.05) is 0 Å². The maximum Gasteiger partial charge on any atom is 0.257 e. The second-order valence-corrected chi connectivity index (χ2v) is 28.8. The standard InChI is InChI=1S/C69H79BN2O/c1-39-28-41(3)59(42(4)29-39)43-31-56-61-57(32-43)72(55-36-50-48(30-40(55)2)65(10,11)24-25-67(50,14)15)54-21-18-44(63(5,6)7)33-53(54)70(61)60-46-35-51-52(69(17)27-26-68(51,16)38-69)37-58(46)73-62(60)71(56)45-19-20-47-49(34-45)66(12,13)23-22-64(47,8)9/h18-21,28-37H,22-27,38H2,1-17H3. The normalized spacial score (nSPS) is 23.2. The summed E-state index contributed by atoms with van der Waals surface area (Å²) in [5, 5.41) is 1.28. The molecule has 6 aromatic carbocycles. The number of hydrogen-bond acceptors (Lipinski definition) is 3. The van der Waals surface area contributed by atoms with Crippen LogP contribution in [-0.2, 0) is 37.9 Å². The molecule has 0 spiro atoms. The Morgan fingerprint density at radius 2 is 1.04 bits per heavy atom. The highest BCUT2D eigenvalue weighted by atomic mass is 16.4. The number of anilines is 6. The Morgan fingerprint density at radius 3 is 1.66 bits per heavy atom. The first-order chi connectivity index (χ1) is 34.1. The molecule has 0 amide bonds. The third-order valence-electron chi connectivity index (χ3n) is 20.5.